The van der Waals surface area contributed by atoms with Crippen LogP contribution in [-0.2, 0) is 21.7 Å². The predicted molar refractivity (Wildman–Crippen MR) is 272 cm³/mol. The van der Waals surface area contributed by atoms with E-state index in [1.807, 2.05) is 0 Å². The average molecular weight is 819 g/mol. The maximum Gasteiger partial charge on any atom is 0.329 e. The molecular formula is C58H56B2N2O. The van der Waals surface area contributed by atoms with Crippen molar-refractivity contribution in [2.24, 2.45) is 0 Å². The average Bonchev–Trinajstić information content (AvgIpc) is 3.62. The molecule has 8 aromatic rings. The van der Waals surface area contributed by atoms with E-state index in [2.05, 4.69) is 214 Å². The maximum atomic E-state index is 6.71. The second kappa shape index (κ2) is 12.4. The third-order valence-electron chi connectivity index (χ3n) is 14.9. The summed E-state index contributed by atoms with van der Waals surface area (Å²) in [6.07, 6.45) is 0. The molecule has 5 heterocycles. The third-order valence-corrected chi connectivity index (χ3v) is 14.9. The number of benzene rings is 7. The van der Waals surface area contributed by atoms with E-state index in [1.54, 1.807) is 0 Å². The maximum absolute atomic E-state index is 6.71. The molecule has 0 saturated carbocycles. The Morgan fingerprint density at radius 1 is 0.429 bits per heavy atom. The van der Waals surface area contributed by atoms with Crippen molar-refractivity contribution in [2.45, 2.75) is 105 Å². The SMILES string of the molecule is CC(C)(C)c1ccc(N2c3ccc4c5c3B(c3cc(C(C)(C)C)cc6c3N5B(c3cc(C(C)(C)C)ccc3-6)c3cc(C(C)(C)C)ccc3-4)c3ccc4oc5ccccc5c4c32)cc1. The highest BCUT2D eigenvalue weighted by molar-refractivity contribution is 7.03. The summed E-state index contributed by atoms with van der Waals surface area (Å²) in [5.41, 5.74) is 25.8. The van der Waals surface area contributed by atoms with Crippen molar-refractivity contribution < 1.29 is 4.42 Å². The first-order valence-electron chi connectivity index (χ1n) is 23.1. The highest BCUT2D eigenvalue weighted by Gasteiger charge is 2.53. The fourth-order valence-electron chi connectivity index (χ4n) is 11.4. The van der Waals surface area contributed by atoms with Crippen molar-refractivity contribution >= 4 is 91.2 Å². The molecule has 0 spiro atoms. The first kappa shape index (κ1) is 38.7. The molecule has 7 aromatic carbocycles. The minimum Gasteiger partial charge on any atom is -0.456 e. The van der Waals surface area contributed by atoms with Crippen LogP contribution in [0.5, 0.6) is 0 Å². The van der Waals surface area contributed by atoms with Crippen LogP contribution >= 0.6 is 0 Å². The first-order chi connectivity index (χ1) is 29.8. The summed E-state index contributed by atoms with van der Waals surface area (Å²) >= 11 is 0. The second-order valence-corrected chi connectivity index (χ2v) is 23.0. The molecule has 4 aliphatic rings. The van der Waals surface area contributed by atoms with Gasteiger partial charge in [0, 0.05) is 39.3 Å². The number of anilines is 5. The van der Waals surface area contributed by atoms with Crippen LogP contribution in [0.2, 0.25) is 0 Å². The van der Waals surface area contributed by atoms with Gasteiger partial charge in [0.05, 0.1) is 11.1 Å². The Bertz CT molecular complexity index is 3290. The van der Waals surface area contributed by atoms with Crippen LogP contribution in [-0.4, -0.2) is 13.6 Å². The van der Waals surface area contributed by atoms with E-state index in [4.69, 9.17) is 4.42 Å². The molecule has 0 radical (unpaired) electrons. The van der Waals surface area contributed by atoms with Crippen LogP contribution in [0.15, 0.2) is 126 Å². The topological polar surface area (TPSA) is 19.6 Å². The number of hydrogen-bond donors (Lipinski definition) is 0. The highest BCUT2D eigenvalue weighted by atomic mass is 16.3. The van der Waals surface area contributed by atoms with Crippen molar-refractivity contribution in [1.29, 1.82) is 0 Å². The molecule has 5 heteroatoms. The predicted octanol–water partition coefficient (Wildman–Crippen LogP) is 12.3. The van der Waals surface area contributed by atoms with Gasteiger partial charge in [0.2, 0.25) is 0 Å². The first-order valence-corrected chi connectivity index (χ1v) is 23.1. The van der Waals surface area contributed by atoms with Gasteiger partial charge in [0.15, 0.2) is 0 Å². The van der Waals surface area contributed by atoms with E-state index in [9.17, 15) is 0 Å². The van der Waals surface area contributed by atoms with Crippen molar-refractivity contribution in [3.63, 3.8) is 0 Å². The summed E-state index contributed by atoms with van der Waals surface area (Å²) in [5.74, 6) is 0. The Morgan fingerprint density at radius 2 is 1.00 bits per heavy atom. The summed E-state index contributed by atoms with van der Waals surface area (Å²) in [6.45, 7) is 28.1. The normalized spacial score (nSPS) is 14.9. The van der Waals surface area contributed by atoms with Gasteiger partial charge in [-0.15, -0.1) is 0 Å². The summed E-state index contributed by atoms with van der Waals surface area (Å²) in [7, 11) is 0. The Hall–Kier alpha value is -5.93. The summed E-state index contributed by atoms with van der Waals surface area (Å²) in [4.78, 5) is 5.39. The number of rotatable bonds is 1. The van der Waals surface area contributed by atoms with E-state index in [-0.39, 0.29) is 35.2 Å². The minimum absolute atomic E-state index is 0.00210. The molecule has 4 aliphatic heterocycles. The zero-order valence-electron chi connectivity index (χ0n) is 39.0. The Labute approximate surface area is 374 Å². The molecule has 0 saturated heterocycles. The molecule has 310 valence electrons. The van der Waals surface area contributed by atoms with Crippen molar-refractivity contribution in [1.82, 2.24) is 0 Å². The molecule has 0 N–H and O–H groups in total. The minimum atomic E-state index is -0.0714. The number of fused-ring (bicyclic) bond motifs is 13. The van der Waals surface area contributed by atoms with Crippen molar-refractivity contribution in [3.8, 4) is 22.3 Å². The third kappa shape index (κ3) is 5.35. The van der Waals surface area contributed by atoms with Crippen LogP contribution in [0.3, 0.4) is 0 Å². The van der Waals surface area contributed by atoms with Crippen LogP contribution in [0.1, 0.15) is 105 Å². The van der Waals surface area contributed by atoms with Gasteiger partial charge in [-0.25, -0.2) is 0 Å². The smallest absolute Gasteiger partial charge is 0.329 e. The standard InChI is InChI=1S/C58H56B2N2O/c1-55(2,3)33-17-21-37(22-18-33)61-47-27-25-40-38-23-19-34(56(4,5)6)30-44(38)60-45-31-35(57(7,8)9)20-24-39(45)42-29-36(58(10,11)12)32-46-52(42)62(60)53(40)51(47)59(46)43-26-28-49-50(54(43)61)41-15-13-14-16-48(41)63-49/h13-32H,1-12H3. The van der Waals surface area contributed by atoms with Crippen LogP contribution in [0, 0.1) is 0 Å². The molecule has 1 aromatic heterocycles. The molecule has 0 amide bonds. The molecule has 0 atom stereocenters. The van der Waals surface area contributed by atoms with E-state index >= 15 is 0 Å². The van der Waals surface area contributed by atoms with Gasteiger partial charge < -0.3 is 14.1 Å². The summed E-state index contributed by atoms with van der Waals surface area (Å²) in [5, 5.41) is 2.32. The summed E-state index contributed by atoms with van der Waals surface area (Å²) in [6, 6.07) is 47.4. The quantitative estimate of drug-likeness (QED) is 0.154. The molecule has 0 bridgehead atoms. The number of nitrogens with zero attached hydrogens (tertiary/aromatic N) is 2. The lowest BCUT2D eigenvalue weighted by Gasteiger charge is -2.52. The molecule has 0 fully saturated rings. The van der Waals surface area contributed by atoms with Crippen molar-refractivity contribution in [2.75, 3.05) is 9.71 Å². The van der Waals surface area contributed by atoms with Crippen LogP contribution < -0.4 is 37.0 Å². The van der Waals surface area contributed by atoms with Gasteiger partial charge in [-0.05, 0) is 119 Å². The van der Waals surface area contributed by atoms with Gasteiger partial charge in [-0.1, -0.05) is 168 Å². The van der Waals surface area contributed by atoms with Gasteiger partial charge in [0.1, 0.15) is 11.2 Å². The van der Waals surface area contributed by atoms with E-state index in [0.29, 0.717) is 0 Å². The largest absolute Gasteiger partial charge is 0.456 e. The molecule has 0 unspecified atom stereocenters. The molecular weight excluding hydrogens is 762 g/mol. The number of para-hydroxylation sites is 1. The molecule has 0 aliphatic carbocycles. The van der Waals surface area contributed by atoms with E-state index in [1.165, 1.54) is 100.0 Å². The fraction of sp³-hybridized carbons (Fsp3) is 0.276. The lowest BCUT2D eigenvalue weighted by atomic mass is 9.30. The van der Waals surface area contributed by atoms with Crippen LogP contribution in [0.25, 0.3) is 44.2 Å². The van der Waals surface area contributed by atoms with E-state index in [0.717, 1.165) is 22.2 Å². The highest BCUT2D eigenvalue weighted by Crippen LogP contribution is 2.53. The van der Waals surface area contributed by atoms with Gasteiger partial charge in [0.25, 0.3) is 6.71 Å². The monoisotopic (exact) mass is 818 g/mol. The van der Waals surface area contributed by atoms with Crippen LogP contribution in [0.4, 0.5) is 28.4 Å². The van der Waals surface area contributed by atoms with Gasteiger partial charge in [-0.2, -0.15) is 0 Å². The Morgan fingerprint density at radius 3 is 1.63 bits per heavy atom. The summed E-state index contributed by atoms with van der Waals surface area (Å²) < 4.78 is 6.71. The van der Waals surface area contributed by atoms with E-state index < -0.39 is 0 Å². The molecule has 3 nitrogen and oxygen atoms in total. The lowest BCUT2D eigenvalue weighted by Crippen LogP contribution is -2.69. The zero-order chi connectivity index (χ0) is 43.9. The number of hydrogen-bond acceptors (Lipinski definition) is 3. The Kier molecular flexibility index (Phi) is 7.63. The second-order valence-electron chi connectivity index (χ2n) is 23.0. The van der Waals surface area contributed by atoms with Gasteiger partial charge in [-0.3, -0.25) is 0 Å². The lowest BCUT2D eigenvalue weighted by molar-refractivity contribution is 0.590. The molecule has 12 rings (SSSR count). The zero-order valence-corrected chi connectivity index (χ0v) is 39.0. The fourth-order valence-corrected chi connectivity index (χ4v) is 11.4. The Balaban J connectivity index is 1.26. The van der Waals surface area contributed by atoms with Gasteiger partial charge >= 0.3 is 6.85 Å². The number of furan rings is 1. The van der Waals surface area contributed by atoms with Crippen molar-refractivity contribution in [3.05, 3.63) is 144 Å². The molecule has 63 heavy (non-hydrogen) atoms.